The fourth-order valence-electron chi connectivity index (χ4n) is 4.84. The molecule has 3 amide bonds. The molecule has 0 heterocycles. The summed E-state index contributed by atoms with van der Waals surface area (Å²) in [6, 6.07) is 13.2. The highest BCUT2D eigenvalue weighted by Gasteiger charge is 2.39. The fourth-order valence-corrected chi connectivity index (χ4v) is 4.84. The van der Waals surface area contributed by atoms with Gasteiger partial charge in [-0.15, -0.1) is 0 Å². The lowest BCUT2D eigenvalue weighted by Crippen LogP contribution is -2.56. The highest BCUT2D eigenvalue weighted by atomic mass is 16.6. The summed E-state index contributed by atoms with van der Waals surface area (Å²) in [4.78, 5) is 43.4. The minimum Gasteiger partial charge on any atom is -0.444 e. The standard InChI is InChI=1S/C34H51N3O4/c1-22(2)19-20-25(6)37(30(31(38)35-23(3)4)28-18-14-15-24(5)26(28)7)32(39)29(21-27-16-12-11-13-17-27)36-33(40)41-34(8,9)10/h11-18,22-23,25,29-30H,19-21H2,1-10H3,(H,35,38)(H,36,40). The zero-order valence-corrected chi connectivity index (χ0v) is 26.7. The summed E-state index contributed by atoms with van der Waals surface area (Å²) in [6.45, 7) is 19.5. The number of alkyl carbamates (subject to hydrolysis) is 1. The second-order valence-corrected chi connectivity index (χ2v) is 12.8. The van der Waals surface area contributed by atoms with Crippen molar-refractivity contribution < 1.29 is 19.1 Å². The molecule has 226 valence electrons. The lowest BCUT2D eigenvalue weighted by Gasteiger charge is -2.39. The molecule has 0 saturated heterocycles. The number of aryl methyl sites for hydroxylation is 1. The molecule has 2 rings (SSSR count). The van der Waals surface area contributed by atoms with Crippen LogP contribution in [0.4, 0.5) is 4.79 Å². The van der Waals surface area contributed by atoms with Crippen LogP contribution in [-0.2, 0) is 20.7 Å². The predicted octanol–water partition coefficient (Wildman–Crippen LogP) is 6.66. The van der Waals surface area contributed by atoms with Gasteiger partial charge in [-0.25, -0.2) is 4.79 Å². The van der Waals surface area contributed by atoms with Crippen LogP contribution in [0.5, 0.6) is 0 Å². The largest absolute Gasteiger partial charge is 0.444 e. The SMILES string of the molecule is Cc1cccc(C(C(=O)NC(C)C)N(C(=O)C(Cc2ccccc2)NC(=O)OC(C)(C)C)C(C)CCC(C)C)c1C. The van der Waals surface area contributed by atoms with E-state index in [2.05, 4.69) is 24.5 Å². The Labute approximate surface area is 247 Å². The monoisotopic (exact) mass is 565 g/mol. The molecule has 3 atom stereocenters. The molecular weight excluding hydrogens is 514 g/mol. The van der Waals surface area contributed by atoms with Crippen molar-refractivity contribution in [3.63, 3.8) is 0 Å². The van der Waals surface area contributed by atoms with Crippen LogP contribution in [-0.4, -0.2) is 46.5 Å². The van der Waals surface area contributed by atoms with Gasteiger partial charge in [-0.05, 0) is 96.4 Å². The Morgan fingerprint density at radius 3 is 2.05 bits per heavy atom. The number of benzene rings is 2. The Kier molecular flexibility index (Phi) is 12.4. The van der Waals surface area contributed by atoms with Crippen LogP contribution in [0.2, 0.25) is 0 Å². The Hall–Kier alpha value is -3.35. The van der Waals surface area contributed by atoms with E-state index in [1.807, 2.05) is 83.1 Å². The van der Waals surface area contributed by atoms with Crippen LogP contribution >= 0.6 is 0 Å². The summed E-state index contributed by atoms with van der Waals surface area (Å²) in [7, 11) is 0. The first-order valence-corrected chi connectivity index (χ1v) is 14.8. The molecule has 0 bridgehead atoms. The summed E-state index contributed by atoms with van der Waals surface area (Å²) in [5, 5.41) is 5.91. The third-order valence-corrected chi connectivity index (χ3v) is 7.06. The number of hydrogen-bond acceptors (Lipinski definition) is 4. The fraction of sp³-hybridized carbons (Fsp3) is 0.559. The van der Waals surface area contributed by atoms with E-state index in [1.54, 1.807) is 25.7 Å². The average molecular weight is 566 g/mol. The molecule has 2 aromatic carbocycles. The molecule has 41 heavy (non-hydrogen) atoms. The lowest BCUT2D eigenvalue weighted by atomic mass is 9.92. The molecule has 7 heteroatoms. The maximum Gasteiger partial charge on any atom is 0.408 e. The molecule has 2 N–H and O–H groups in total. The third kappa shape index (κ3) is 10.5. The second kappa shape index (κ2) is 15.0. The van der Waals surface area contributed by atoms with Crippen molar-refractivity contribution in [1.29, 1.82) is 0 Å². The molecule has 0 fully saturated rings. The summed E-state index contributed by atoms with van der Waals surface area (Å²) in [5.74, 6) is -0.131. The van der Waals surface area contributed by atoms with Crippen LogP contribution in [0.1, 0.15) is 96.5 Å². The highest BCUT2D eigenvalue weighted by molar-refractivity contribution is 5.93. The number of carbonyl (C=O) groups excluding carboxylic acids is 3. The van der Waals surface area contributed by atoms with Gasteiger partial charge in [0.05, 0.1) is 0 Å². The number of ether oxygens (including phenoxy) is 1. The topological polar surface area (TPSA) is 87.7 Å². The molecular formula is C34H51N3O4. The Bertz CT molecular complexity index is 1150. The predicted molar refractivity (Wildman–Crippen MR) is 166 cm³/mol. The van der Waals surface area contributed by atoms with Gasteiger partial charge in [0.15, 0.2) is 0 Å². The van der Waals surface area contributed by atoms with Gasteiger partial charge in [0.1, 0.15) is 17.7 Å². The van der Waals surface area contributed by atoms with Crippen molar-refractivity contribution in [3.05, 3.63) is 70.8 Å². The second-order valence-electron chi connectivity index (χ2n) is 12.8. The van der Waals surface area contributed by atoms with Crippen molar-refractivity contribution in [3.8, 4) is 0 Å². The van der Waals surface area contributed by atoms with Crippen LogP contribution in [0.3, 0.4) is 0 Å². The summed E-state index contributed by atoms with van der Waals surface area (Å²) in [6.07, 6.45) is 1.19. The van der Waals surface area contributed by atoms with Gasteiger partial charge < -0.3 is 20.3 Å². The Balaban J connectivity index is 2.69. The van der Waals surface area contributed by atoms with E-state index in [4.69, 9.17) is 4.74 Å². The number of amides is 3. The molecule has 0 spiro atoms. The summed E-state index contributed by atoms with van der Waals surface area (Å²) in [5.41, 5.74) is 2.95. The smallest absolute Gasteiger partial charge is 0.408 e. The van der Waals surface area contributed by atoms with Gasteiger partial charge in [-0.1, -0.05) is 62.4 Å². The summed E-state index contributed by atoms with van der Waals surface area (Å²) >= 11 is 0. The first-order valence-electron chi connectivity index (χ1n) is 14.8. The van der Waals surface area contributed by atoms with Crippen molar-refractivity contribution in [1.82, 2.24) is 15.5 Å². The van der Waals surface area contributed by atoms with E-state index >= 15 is 0 Å². The van der Waals surface area contributed by atoms with E-state index in [0.717, 1.165) is 28.7 Å². The number of carbonyl (C=O) groups is 3. The molecule has 2 aromatic rings. The van der Waals surface area contributed by atoms with Crippen molar-refractivity contribution in [2.75, 3.05) is 0 Å². The zero-order valence-electron chi connectivity index (χ0n) is 26.7. The highest BCUT2D eigenvalue weighted by Crippen LogP contribution is 2.31. The van der Waals surface area contributed by atoms with Crippen LogP contribution in [0, 0.1) is 19.8 Å². The number of nitrogens with zero attached hydrogens (tertiary/aromatic N) is 1. The van der Waals surface area contributed by atoms with Crippen molar-refractivity contribution >= 4 is 17.9 Å². The minimum atomic E-state index is -0.937. The first kappa shape index (κ1) is 33.9. The first-order chi connectivity index (χ1) is 19.1. The Morgan fingerprint density at radius 2 is 1.49 bits per heavy atom. The van der Waals surface area contributed by atoms with E-state index in [1.165, 1.54) is 0 Å². The molecule has 0 aliphatic heterocycles. The zero-order chi connectivity index (χ0) is 30.9. The van der Waals surface area contributed by atoms with Gasteiger partial charge in [0, 0.05) is 18.5 Å². The summed E-state index contributed by atoms with van der Waals surface area (Å²) < 4.78 is 5.56. The average Bonchev–Trinajstić information content (AvgIpc) is 2.86. The normalized spacial score (nSPS) is 13.9. The number of rotatable bonds is 12. The van der Waals surface area contributed by atoms with Gasteiger partial charge in [0.25, 0.3) is 0 Å². The van der Waals surface area contributed by atoms with Crippen molar-refractivity contribution in [2.24, 2.45) is 5.92 Å². The molecule has 0 aliphatic carbocycles. The Morgan fingerprint density at radius 1 is 0.854 bits per heavy atom. The molecule has 0 radical (unpaired) electrons. The molecule has 0 aromatic heterocycles. The van der Waals surface area contributed by atoms with Crippen molar-refractivity contribution in [2.45, 2.75) is 118 Å². The molecule has 0 aliphatic rings. The van der Waals surface area contributed by atoms with E-state index in [-0.39, 0.29) is 30.3 Å². The molecule has 7 nitrogen and oxygen atoms in total. The van der Waals surface area contributed by atoms with Crippen LogP contribution in [0.25, 0.3) is 0 Å². The maximum atomic E-state index is 14.7. The maximum absolute atomic E-state index is 14.7. The van der Waals surface area contributed by atoms with Gasteiger partial charge >= 0.3 is 6.09 Å². The van der Waals surface area contributed by atoms with Gasteiger partial charge in [-0.3, -0.25) is 9.59 Å². The van der Waals surface area contributed by atoms with Gasteiger partial charge in [-0.2, -0.15) is 0 Å². The van der Waals surface area contributed by atoms with Crippen LogP contribution in [0.15, 0.2) is 48.5 Å². The van der Waals surface area contributed by atoms with E-state index in [9.17, 15) is 14.4 Å². The molecule has 3 unspecified atom stereocenters. The molecule has 0 saturated carbocycles. The number of hydrogen-bond donors (Lipinski definition) is 2. The van der Waals surface area contributed by atoms with Crippen LogP contribution < -0.4 is 10.6 Å². The minimum absolute atomic E-state index is 0.113. The van der Waals surface area contributed by atoms with E-state index < -0.39 is 23.8 Å². The number of nitrogens with one attached hydrogen (secondary N) is 2. The lowest BCUT2D eigenvalue weighted by molar-refractivity contribution is -0.145. The van der Waals surface area contributed by atoms with E-state index in [0.29, 0.717) is 12.3 Å². The quantitative estimate of drug-likeness (QED) is 0.301. The van der Waals surface area contributed by atoms with Gasteiger partial charge in [0.2, 0.25) is 11.8 Å². The third-order valence-electron chi connectivity index (χ3n) is 7.06.